The van der Waals surface area contributed by atoms with E-state index in [9.17, 15) is 28.4 Å². The fourth-order valence-electron chi connectivity index (χ4n) is 1.74. The monoisotopic (exact) mass is 344 g/mol. The Morgan fingerprint density at radius 1 is 1.30 bits per heavy atom. The highest BCUT2D eigenvalue weighted by Gasteiger charge is 2.30. The van der Waals surface area contributed by atoms with Crippen molar-refractivity contribution in [3.63, 3.8) is 0 Å². The van der Waals surface area contributed by atoms with Crippen LogP contribution in [0.25, 0.3) is 0 Å². The summed E-state index contributed by atoms with van der Waals surface area (Å²) in [4.78, 5) is 13.8. The number of thioether (sulfide) groups is 1. The summed E-state index contributed by atoms with van der Waals surface area (Å²) in [5.41, 5.74) is -0.626. The van der Waals surface area contributed by atoms with E-state index >= 15 is 0 Å². The normalized spacial score (nSPS) is 12.9. The second kappa shape index (κ2) is 6.97. The largest absolute Gasteiger partial charge is 0.417 e. The van der Waals surface area contributed by atoms with Crippen molar-refractivity contribution in [1.82, 2.24) is 4.98 Å². The van der Waals surface area contributed by atoms with Gasteiger partial charge in [-0.2, -0.15) is 13.2 Å². The number of nitro benzene ring substituents is 1. The Labute approximate surface area is 133 Å². The minimum atomic E-state index is -4.45. The molecule has 122 valence electrons. The number of halogens is 3. The Kier molecular flexibility index (Phi) is 5.22. The van der Waals surface area contributed by atoms with Crippen molar-refractivity contribution in [3.05, 3.63) is 63.8 Å². The molecule has 0 aliphatic heterocycles. The van der Waals surface area contributed by atoms with Crippen LogP contribution >= 0.6 is 11.8 Å². The van der Waals surface area contributed by atoms with Crippen LogP contribution in [-0.2, 0) is 6.18 Å². The van der Waals surface area contributed by atoms with E-state index in [4.69, 9.17) is 0 Å². The lowest BCUT2D eigenvalue weighted by Crippen LogP contribution is -2.05. The van der Waals surface area contributed by atoms with E-state index in [-0.39, 0.29) is 11.4 Å². The van der Waals surface area contributed by atoms with Gasteiger partial charge in [0, 0.05) is 24.1 Å². The predicted molar refractivity (Wildman–Crippen MR) is 78.0 cm³/mol. The summed E-state index contributed by atoms with van der Waals surface area (Å²) >= 11 is 1.06. The number of pyridine rings is 1. The highest BCUT2D eigenvalue weighted by molar-refractivity contribution is 7.99. The van der Waals surface area contributed by atoms with E-state index in [1.807, 2.05) is 0 Å². The van der Waals surface area contributed by atoms with Gasteiger partial charge in [-0.25, -0.2) is 4.98 Å². The van der Waals surface area contributed by atoms with E-state index in [1.165, 1.54) is 24.3 Å². The summed E-state index contributed by atoms with van der Waals surface area (Å²) in [6.45, 7) is 0. The molecule has 1 N–H and O–H groups in total. The van der Waals surface area contributed by atoms with E-state index in [1.54, 1.807) is 6.07 Å². The zero-order valence-corrected chi connectivity index (χ0v) is 12.3. The quantitative estimate of drug-likeness (QED) is 0.507. The lowest BCUT2D eigenvalue weighted by molar-refractivity contribution is -0.385. The average molecular weight is 344 g/mol. The first kappa shape index (κ1) is 17.2. The highest BCUT2D eigenvalue weighted by atomic mass is 32.2. The summed E-state index contributed by atoms with van der Waals surface area (Å²) in [6.07, 6.45) is -4.72. The van der Waals surface area contributed by atoms with Gasteiger partial charge in [-0.3, -0.25) is 10.1 Å². The van der Waals surface area contributed by atoms with E-state index in [0.29, 0.717) is 10.6 Å². The van der Waals surface area contributed by atoms with Crippen molar-refractivity contribution in [2.75, 3.05) is 5.75 Å². The van der Waals surface area contributed by atoms with E-state index < -0.39 is 22.8 Å². The number of rotatable bonds is 5. The van der Waals surface area contributed by atoms with Gasteiger partial charge in [0.1, 0.15) is 0 Å². The fraction of sp³-hybridized carbons (Fsp3) is 0.214. The number of hydrogen-bond donors (Lipinski definition) is 1. The maximum absolute atomic E-state index is 12.4. The number of nitro groups is 1. The standard InChI is InChI=1S/C14H11F3N2O3S/c15-14(16,17)10-4-5-13(18-7-10)23-8-12(20)9-2-1-3-11(6-9)19(21)22/h1-7,12,20H,8H2. The summed E-state index contributed by atoms with van der Waals surface area (Å²) in [5.74, 6) is 0.111. The van der Waals surface area contributed by atoms with Crippen molar-refractivity contribution in [2.45, 2.75) is 17.3 Å². The van der Waals surface area contributed by atoms with Crippen LogP contribution < -0.4 is 0 Å². The summed E-state index contributed by atoms with van der Waals surface area (Å²) in [7, 11) is 0. The van der Waals surface area contributed by atoms with Gasteiger partial charge in [0.05, 0.1) is 21.6 Å². The van der Waals surface area contributed by atoms with Crippen molar-refractivity contribution in [3.8, 4) is 0 Å². The number of benzene rings is 1. The SMILES string of the molecule is O=[N+]([O-])c1cccc(C(O)CSc2ccc(C(F)(F)F)cn2)c1. The minimum Gasteiger partial charge on any atom is -0.388 e. The van der Waals surface area contributed by atoms with Crippen molar-refractivity contribution in [2.24, 2.45) is 0 Å². The Bertz CT molecular complexity index is 692. The number of alkyl halides is 3. The maximum atomic E-state index is 12.4. The molecule has 0 radical (unpaired) electrons. The Morgan fingerprint density at radius 2 is 2.04 bits per heavy atom. The molecule has 1 aromatic heterocycles. The molecule has 2 aromatic rings. The maximum Gasteiger partial charge on any atom is 0.417 e. The van der Waals surface area contributed by atoms with Crippen LogP contribution in [0.15, 0.2) is 47.6 Å². The number of hydrogen-bond acceptors (Lipinski definition) is 5. The molecule has 0 saturated carbocycles. The molecule has 0 amide bonds. The molecule has 0 saturated heterocycles. The third-order valence-corrected chi connectivity index (χ3v) is 3.94. The number of aromatic nitrogens is 1. The second-order valence-electron chi connectivity index (χ2n) is 4.56. The summed E-state index contributed by atoms with van der Waals surface area (Å²) in [5, 5.41) is 21.0. The first-order valence-corrected chi connectivity index (χ1v) is 7.34. The molecule has 9 heteroatoms. The van der Waals surface area contributed by atoms with Gasteiger partial charge in [0.15, 0.2) is 0 Å². The molecular formula is C14H11F3N2O3S. The first-order chi connectivity index (χ1) is 10.8. The zero-order chi connectivity index (χ0) is 17.0. The van der Waals surface area contributed by atoms with E-state index in [0.717, 1.165) is 24.0 Å². The molecular weight excluding hydrogens is 333 g/mol. The van der Waals surface area contributed by atoms with Crippen LogP contribution in [0, 0.1) is 10.1 Å². The molecule has 0 spiro atoms. The number of aliphatic hydroxyl groups excluding tert-OH is 1. The molecule has 1 heterocycles. The van der Waals surface area contributed by atoms with E-state index in [2.05, 4.69) is 4.98 Å². The van der Waals surface area contributed by atoms with Gasteiger partial charge >= 0.3 is 6.18 Å². The number of nitrogens with zero attached hydrogens (tertiary/aromatic N) is 2. The van der Waals surface area contributed by atoms with Gasteiger partial charge in [-0.05, 0) is 17.7 Å². The van der Waals surface area contributed by atoms with Crippen LogP contribution in [0.4, 0.5) is 18.9 Å². The average Bonchev–Trinajstić information content (AvgIpc) is 2.52. The third-order valence-electron chi connectivity index (χ3n) is 2.92. The van der Waals surface area contributed by atoms with Crippen molar-refractivity contribution >= 4 is 17.4 Å². The van der Waals surface area contributed by atoms with Crippen molar-refractivity contribution in [1.29, 1.82) is 0 Å². The topological polar surface area (TPSA) is 76.3 Å². The number of non-ortho nitro benzene ring substituents is 1. The van der Waals surface area contributed by atoms with Crippen LogP contribution in [0.5, 0.6) is 0 Å². The first-order valence-electron chi connectivity index (χ1n) is 6.36. The fourth-order valence-corrected chi connectivity index (χ4v) is 2.55. The molecule has 1 unspecified atom stereocenters. The van der Waals surface area contributed by atoms with Crippen LogP contribution in [0.2, 0.25) is 0 Å². The third kappa shape index (κ3) is 4.67. The minimum absolute atomic E-state index is 0.111. The summed E-state index contributed by atoms with van der Waals surface area (Å²) in [6, 6.07) is 7.69. The van der Waals surface area contributed by atoms with Crippen molar-refractivity contribution < 1.29 is 23.2 Å². The summed E-state index contributed by atoms with van der Waals surface area (Å²) < 4.78 is 37.2. The smallest absolute Gasteiger partial charge is 0.388 e. The molecule has 1 aromatic carbocycles. The second-order valence-corrected chi connectivity index (χ2v) is 5.60. The molecule has 2 rings (SSSR count). The highest BCUT2D eigenvalue weighted by Crippen LogP contribution is 2.30. The molecule has 0 aliphatic carbocycles. The van der Waals surface area contributed by atoms with Gasteiger partial charge in [-0.15, -0.1) is 11.8 Å². The van der Waals surface area contributed by atoms with Crippen LogP contribution in [-0.4, -0.2) is 20.8 Å². The molecule has 0 fully saturated rings. The van der Waals surface area contributed by atoms with Gasteiger partial charge in [0.25, 0.3) is 5.69 Å². The Morgan fingerprint density at radius 3 is 2.61 bits per heavy atom. The molecule has 23 heavy (non-hydrogen) atoms. The van der Waals surface area contributed by atoms with Gasteiger partial charge in [0.2, 0.25) is 0 Å². The Hall–Kier alpha value is -2.13. The van der Waals surface area contributed by atoms with Gasteiger partial charge < -0.3 is 5.11 Å². The lowest BCUT2D eigenvalue weighted by Gasteiger charge is -2.11. The molecule has 5 nitrogen and oxygen atoms in total. The Balaban J connectivity index is 2.00. The van der Waals surface area contributed by atoms with Crippen LogP contribution in [0.1, 0.15) is 17.2 Å². The number of aliphatic hydroxyl groups is 1. The molecule has 0 bridgehead atoms. The van der Waals surface area contributed by atoms with Gasteiger partial charge in [-0.1, -0.05) is 12.1 Å². The zero-order valence-electron chi connectivity index (χ0n) is 11.5. The van der Waals surface area contributed by atoms with Crippen LogP contribution in [0.3, 0.4) is 0 Å². The molecule has 1 atom stereocenters. The predicted octanol–water partition coefficient (Wildman–Crippen LogP) is 3.83. The molecule has 0 aliphatic rings. The lowest BCUT2D eigenvalue weighted by atomic mass is 10.1.